The van der Waals surface area contributed by atoms with Crippen molar-refractivity contribution in [3.8, 4) is 0 Å². The predicted octanol–water partition coefficient (Wildman–Crippen LogP) is 1.25. The molecule has 2 heteroatoms. The van der Waals surface area contributed by atoms with E-state index in [9.17, 15) is 0 Å². The first-order chi connectivity index (χ1) is 4.41. The van der Waals surface area contributed by atoms with Crippen LogP contribution < -0.4 is 5.32 Å². The number of thioether (sulfide) groups is 1. The fourth-order valence-electron chi connectivity index (χ4n) is 1.81. The average molecular weight is 143 g/mol. The molecule has 0 radical (unpaired) electrons. The Morgan fingerprint density at radius 2 is 2.33 bits per heavy atom. The molecule has 1 unspecified atom stereocenters. The summed E-state index contributed by atoms with van der Waals surface area (Å²) in [7, 11) is 0. The van der Waals surface area contributed by atoms with Gasteiger partial charge in [0, 0.05) is 11.3 Å². The van der Waals surface area contributed by atoms with Crippen molar-refractivity contribution in [2.75, 3.05) is 18.1 Å². The summed E-state index contributed by atoms with van der Waals surface area (Å²) in [5.41, 5.74) is 0.602. The highest BCUT2D eigenvalue weighted by atomic mass is 32.2. The molecule has 1 spiro atoms. The molecule has 2 fully saturated rings. The SMILES string of the molecule is C1CNC2(C1)CCSC2. The van der Waals surface area contributed by atoms with E-state index in [4.69, 9.17) is 0 Å². The average Bonchev–Trinajstić information content (AvgIpc) is 2.45. The highest BCUT2D eigenvalue weighted by Crippen LogP contribution is 2.34. The Morgan fingerprint density at radius 3 is 2.89 bits per heavy atom. The zero-order valence-electron chi connectivity index (χ0n) is 5.65. The summed E-state index contributed by atoms with van der Waals surface area (Å²) >= 11 is 2.11. The minimum atomic E-state index is 0.602. The fourth-order valence-corrected chi connectivity index (χ4v) is 3.27. The van der Waals surface area contributed by atoms with Crippen LogP contribution in [0.2, 0.25) is 0 Å². The maximum absolute atomic E-state index is 3.61. The molecule has 0 amide bonds. The van der Waals surface area contributed by atoms with Crippen LogP contribution in [-0.2, 0) is 0 Å². The number of rotatable bonds is 0. The second kappa shape index (κ2) is 2.17. The van der Waals surface area contributed by atoms with Crippen LogP contribution in [0.4, 0.5) is 0 Å². The van der Waals surface area contributed by atoms with Crippen LogP contribution in [0.3, 0.4) is 0 Å². The highest BCUT2D eigenvalue weighted by Gasteiger charge is 2.36. The van der Waals surface area contributed by atoms with E-state index in [1.807, 2.05) is 0 Å². The summed E-state index contributed by atoms with van der Waals surface area (Å²) in [6, 6.07) is 0. The largest absolute Gasteiger partial charge is 0.310 e. The molecule has 1 atom stereocenters. The van der Waals surface area contributed by atoms with Gasteiger partial charge in [-0.3, -0.25) is 0 Å². The molecule has 1 nitrogen and oxygen atoms in total. The van der Waals surface area contributed by atoms with Crippen molar-refractivity contribution >= 4 is 11.8 Å². The van der Waals surface area contributed by atoms with Gasteiger partial charge >= 0.3 is 0 Å². The predicted molar refractivity (Wildman–Crippen MR) is 41.9 cm³/mol. The molecule has 0 saturated carbocycles. The van der Waals surface area contributed by atoms with Crippen LogP contribution in [0.1, 0.15) is 19.3 Å². The zero-order chi connectivity index (χ0) is 6.16. The van der Waals surface area contributed by atoms with Crippen LogP contribution in [0, 0.1) is 0 Å². The van der Waals surface area contributed by atoms with Gasteiger partial charge in [-0.25, -0.2) is 0 Å². The number of nitrogens with one attached hydrogen (secondary N) is 1. The van der Waals surface area contributed by atoms with E-state index in [2.05, 4.69) is 17.1 Å². The molecule has 0 aromatic carbocycles. The normalized spacial score (nSPS) is 42.7. The molecule has 52 valence electrons. The van der Waals surface area contributed by atoms with Crippen LogP contribution in [0.25, 0.3) is 0 Å². The van der Waals surface area contributed by atoms with E-state index < -0.39 is 0 Å². The van der Waals surface area contributed by atoms with Crippen molar-refractivity contribution in [2.24, 2.45) is 0 Å². The van der Waals surface area contributed by atoms with Crippen LogP contribution in [0.5, 0.6) is 0 Å². The van der Waals surface area contributed by atoms with Gasteiger partial charge in [-0.15, -0.1) is 0 Å². The van der Waals surface area contributed by atoms with E-state index in [0.717, 1.165) is 0 Å². The van der Waals surface area contributed by atoms with Gasteiger partial charge in [0.15, 0.2) is 0 Å². The standard InChI is InChI=1S/C7H13NS/c1-2-7(8-4-1)3-5-9-6-7/h8H,1-6H2. The quantitative estimate of drug-likeness (QED) is 0.547. The smallest absolute Gasteiger partial charge is 0.0280 e. The molecule has 0 aliphatic carbocycles. The van der Waals surface area contributed by atoms with Gasteiger partial charge in [-0.1, -0.05) is 0 Å². The summed E-state index contributed by atoms with van der Waals surface area (Å²) in [4.78, 5) is 0. The van der Waals surface area contributed by atoms with Crippen molar-refractivity contribution in [3.63, 3.8) is 0 Å². The summed E-state index contributed by atoms with van der Waals surface area (Å²) in [5, 5.41) is 3.61. The molecule has 2 rings (SSSR count). The van der Waals surface area contributed by atoms with E-state index in [0.29, 0.717) is 5.54 Å². The highest BCUT2D eigenvalue weighted by molar-refractivity contribution is 7.99. The van der Waals surface area contributed by atoms with Gasteiger partial charge < -0.3 is 5.32 Å². The molecule has 2 heterocycles. The van der Waals surface area contributed by atoms with Crippen LogP contribution in [0.15, 0.2) is 0 Å². The number of hydrogen-bond donors (Lipinski definition) is 1. The van der Waals surface area contributed by atoms with Crippen molar-refractivity contribution < 1.29 is 0 Å². The Bertz CT molecular complexity index is 84.0. The lowest BCUT2D eigenvalue weighted by molar-refractivity contribution is 0.427. The molecular formula is C7H13NS. The van der Waals surface area contributed by atoms with Gasteiger partial charge in [0.05, 0.1) is 0 Å². The Hall–Kier alpha value is 0.310. The lowest BCUT2D eigenvalue weighted by Gasteiger charge is -2.21. The van der Waals surface area contributed by atoms with E-state index >= 15 is 0 Å². The molecule has 2 aliphatic rings. The molecule has 0 aromatic rings. The van der Waals surface area contributed by atoms with Gasteiger partial charge in [0.1, 0.15) is 0 Å². The second-order valence-corrected chi connectivity index (χ2v) is 4.22. The fraction of sp³-hybridized carbons (Fsp3) is 1.00. The van der Waals surface area contributed by atoms with Crippen molar-refractivity contribution in [1.29, 1.82) is 0 Å². The molecule has 0 bridgehead atoms. The Balaban J connectivity index is 2.04. The molecule has 1 N–H and O–H groups in total. The van der Waals surface area contributed by atoms with E-state index in [1.54, 1.807) is 0 Å². The maximum atomic E-state index is 3.61. The molecule has 2 aliphatic heterocycles. The van der Waals surface area contributed by atoms with Gasteiger partial charge in [-0.05, 0) is 31.6 Å². The zero-order valence-corrected chi connectivity index (χ0v) is 6.47. The monoisotopic (exact) mass is 143 g/mol. The molecule has 9 heavy (non-hydrogen) atoms. The minimum absolute atomic E-state index is 0.602. The summed E-state index contributed by atoms with van der Waals surface area (Å²) in [5.74, 6) is 2.75. The van der Waals surface area contributed by atoms with Gasteiger partial charge in [0.2, 0.25) is 0 Å². The van der Waals surface area contributed by atoms with Gasteiger partial charge in [-0.2, -0.15) is 11.8 Å². The first-order valence-electron chi connectivity index (χ1n) is 3.74. The Morgan fingerprint density at radius 1 is 1.33 bits per heavy atom. The minimum Gasteiger partial charge on any atom is -0.310 e. The second-order valence-electron chi connectivity index (χ2n) is 3.11. The van der Waals surface area contributed by atoms with Crippen LogP contribution >= 0.6 is 11.8 Å². The van der Waals surface area contributed by atoms with Crippen molar-refractivity contribution in [2.45, 2.75) is 24.8 Å². The maximum Gasteiger partial charge on any atom is 0.0280 e. The topological polar surface area (TPSA) is 12.0 Å². The lowest BCUT2D eigenvalue weighted by Crippen LogP contribution is -2.39. The Kier molecular flexibility index (Phi) is 1.46. The lowest BCUT2D eigenvalue weighted by atomic mass is 9.97. The molecular weight excluding hydrogens is 130 g/mol. The van der Waals surface area contributed by atoms with E-state index in [-0.39, 0.29) is 0 Å². The third-order valence-electron chi connectivity index (χ3n) is 2.44. The van der Waals surface area contributed by atoms with E-state index in [1.165, 1.54) is 37.3 Å². The molecule has 0 aromatic heterocycles. The summed E-state index contributed by atoms with van der Waals surface area (Å²) in [6.45, 7) is 1.26. The third kappa shape index (κ3) is 0.987. The molecule has 2 saturated heterocycles. The summed E-state index contributed by atoms with van der Waals surface area (Å²) < 4.78 is 0. The van der Waals surface area contributed by atoms with Gasteiger partial charge in [0.25, 0.3) is 0 Å². The Labute approximate surface area is 60.6 Å². The first kappa shape index (κ1) is 6.05. The van der Waals surface area contributed by atoms with Crippen LogP contribution in [-0.4, -0.2) is 23.6 Å². The number of hydrogen-bond acceptors (Lipinski definition) is 2. The third-order valence-corrected chi connectivity index (χ3v) is 3.68. The van der Waals surface area contributed by atoms with Crippen molar-refractivity contribution in [3.05, 3.63) is 0 Å². The van der Waals surface area contributed by atoms with Crippen molar-refractivity contribution in [1.82, 2.24) is 5.32 Å². The summed E-state index contributed by atoms with van der Waals surface area (Å²) in [6.07, 6.45) is 4.25. The first-order valence-corrected chi connectivity index (χ1v) is 4.90.